The molecule has 3 rings (SSSR count). The number of hydrogen-bond donors (Lipinski definition) is 1. The van der Waals surface area contributed by atoms with Crippen LogP contribution in [-0.2, 0) is 10.0 Å². The second-order valence-electron chi connectivity index (χ2n) is 5.59. The quantitative estimate of drug-likeness (QED) is 0.869. The van der Waals surface area contributed by atoms with Crippen molar-refractivity contribution < 1.29 is 8.42 Å². The second kappa shape index (κ2) is 5.65. The molecule has 0 unspecified atom stereocenters. The highest BCUT2D eigenvalue weighted by Crippen LogP contribution is 2.28. The van der Waals surface area contributed by atoms with Gasteiger partial charge in [-0.3, -0.25) is 4.98 Å². The Morgan fingerprint density at radius 1 is 1.20 bits per heavy atom. The zero-order valence-electron chi connectivity index (χ0n) is 11.4. The molecule has 7 heteroatoms. The van der Waals surface area contributed by atoms with Gasteiger partial charge in [0.1, 0.15) is 5.82 Å². The molecule has 110 valence electrons. The number of piperidine rings is 1. The molecule has 2 aliphatic rings. The van der Waals surface area contributed by atoms with Gasteiger partial charge in [-0.1, -0.05) is 0 Å². The van der Waals surface area contributed by atoms with Crippen molar-refractivity contribution in [3.63, 3.8) is 0 Å². The SMILES string of the molecule is O=S(=O)(NCC1CCN(c2cnccn2)CC1)C1CC1. The topological polar surface area (TPSA) is 75.2 Å². The van der Waals surface area contributed by atoms with Gasteiger partial charge in [-0.2, -0.15) is 0 Å². The minimum atomic E-state index is -3.04. The molecule has 0 atom stereocenters. The summed E-state index contributed by atoms with van der Waals surface area (Å²) in [6.45, 7) is 2.40. The lowest BCUT2D eigenvalue weighted by Gasteiger charge is -2.32. The largest absolute Gasteiger partial charge is 0.355 e. The monoisotopic (exact) mass is 296 g/mol. The Labute approximate surface area is 119 Å². The van der Waals surface area contributed by atoms with Crippen molar-refractivity contribution >= 4 is 15.8 Å². The van der Waals surface area contributed by atoms with E-state index in [9.17, 15) is 8.42 Å². The number of sulfonamides is 1. The maximum atomic E-state index is 11.8. The van der Waals surface area contributed by atoms with Crippen LogP contribution in [0.2, 0.25) is 0 Å². The molecular weight excluding hydrogens is 276 g/mol. The first-order valence-corrected chi connectivity index (χ1v) is 8.69. The fraction of sp³-hybridized carbons (Fsp3) is 0.692. The summed E-state index contributed by atoms with van der Waals surface area (Å²) < 4.78 is 26.3. The van der Waals surface area contributed by atoms with Crippen molar-refractivity contribution in [3.8, 4) is 0 Å². The van der Waals surface area contributed by atoms with Crippen LogP contribution in [0.3, 0.4) is 0 Å². The number of anilines is 1. The molecule has 2 heterocycles. The van der Waals surface area contributed by atoms with E-state index < -0.39 is 10.0 Å². The predicted molar refractivity (Wildman–Crippen MR) is 76.9 cm³/mol. The highest BCUT2D eigenvalue weighted by molar-refractivity contribution is 7.90. The minimum absolute atomic E-state index is 0.123. The smallest absolute Gasteiger partial charge is 0.214 e. The molecule has 1 N–H and O–H groups in total. The van der Waals surface area contributed by atoms with Gasteiger partial charge in [0.05, 0.1) is 11.4 Å². The molecule has 1 aromatic heterocycles. The van der Waals surface area contributed by atoms with E-state index in [0.717, 1.165) is 44.6 Å². The van der Waals surface area contributed by atoms with Crippen LogP contribution in [0.4, 0.5) is 5.82 Å². The van der Waals surface area contributed by atoms with E-state index in [4.69, 9.17) is 0 Å². The van der Waals surface area contributed by atoms with Crippen molar-refractivity contribution in [2.75, 3.05) is 24.5 Å². The normalized spacial score (nSPS) is 21.1. The first-order chi connectivity index (χ1) is 9.65. The third kappa shape index (κ3) is 3.27. The second-order valence-corrected chi connectivity index (χ2v) is 7.63. The van der Waals surface area contributed by atoms with Crippen molar-refractivity contribution in [1.29, 1.82) is 0 Å². The predicted octanol–water partition coefficient (Wildman–Crippen LogP) is 0.775. The highest BCUT2D eigenvalue weighted by Gasteiger charge is 2.35. The molecule has 2 fully saturated rings. The summed E-state index contributed by atoms with van der Waals surface area (Å²) >= 11 is 0. The number of nitrogens with zero attached hydrogens (tertiary/aromatic N) is 3. The first kappa shape index (κ1) is 13.8. The van der Waals surface area contributed by atoms with Crippen LogP contribution in [0.15, 0.2) is 18.6 Å². The van der Waals surface area contributed by atoms with E-state index in [0.29, 0.717) is 12.5 Å². The molecule has 1 saturated carbocycles. The molecule has 0 bridgehead atoms. The summed E-state index contributed by atoms with van der Waals surface area (Å²) in [5.41, 5.74) is 0. The van der Waals surface area contributed by atoms with E-state index in [1.54, 1.807) is 18.6 Å². The summed E-state index contributed by atoms with van der Waals surface area (Å²) in [6.07, 6.45) is 8.76. The fourth-order valence-corrected chi connectivity index (χ4v) is 4.01. The van der Waals surface area contributed by atoms with Gasteiger partial charge in [0.2, 0.25) is 10.0 Å². The third-order valence-electron chi connectivity index (χ3n) is 4.02. The maximum Gasteiger partial charge on any atom is 0.214 e. The highest BCUT2D eigenvalue weighted by atomic mass is 32.2. The van der Waals surface area contributed by atoms with E-state index in [2.05, 4.69) is 19.6 Å². The summed E-state index contributed by atoms with van der Waals surface area (Å²) in [7, 11) is -3.04. The Morgan fingerprint density at radius 3 is 2.55 bits per heavy atom. The van der Waals surface area contributed by atoms with Crippen LogP contribution in [0, 0.1) is 5.92 Å². The molecule has 0 amide bonds. The molecule has 0 aromatic carbocycles. The van der Waals surface area contributed by atoms with Gasteiger partial charge < -0.3 is 4.90 Å². The lowest BCUT2D eigenvalue weighted by atomic mass is 9.97. The van der Waals surface area contributed by atoms with Gasteiger partial charge in [0, 0.05) is 32.0 Å². The van der Waals surface area contributed by atoms with E-state index in [1.807, 2.05) is 0 Å². The van der Waals surface area contributed by atoms with Crippen LogP contribution in [-0.4, -0.2) is 43.3 Å². The Morgan fingerprint density at radius 2 is 1.95 bits per heavy atom. The molecule has 1 aliphatic heterocycles. The fourth-order valence-electron chi connectivity index (χ4n) is 2.55. The van der Waals surface area contributed by atoms with Gasteiger partial charge in [-0.25, -0.2) is 18.1 Å². The molecule has 1 saturated heterocycles. The summed E-state index contributed by atoms with van der Waals surface area (Å²) in [6, 6.07) is 0. The van der Waals surface area contributed by atoms with Gasteiger partial charge in [-0.15, -0.1) is 0 Å². The molecule has 1 aromatic rings. The van der Waals surface area contributed by atoms with Gasteiger partial charge in [0.15, 0.2) is 0 Å². The average molecular weight is 296 g/mol. The average Bonchev–Trinajstić information content (AvgIpc) is 3.32. The number of hydrogen-bond acceptors (Lipinski definition) is 5. The van der Waals surface area contributed by atoms with Crippen LogP contribution < -0.4 is 9.62 Å². The van der Waals surface area contributed by atoms with Crippen LogP contribution in [0.1, 0.15) is 25.7 Å². The molecule has 20 heavy (non-hydrogen) atoms. The van der Waals surface area contributed by atoms with Crippen molar-refractivity contribution in [3.05, 3.63) is 18.6 Å². The Bertz CT molecular complexity index is 537. The van der Waals surface area contributed by atoms with Crippen LogP contribution >= 0.6 is 0 Å². The molecule has 6 nitrogen and oxygen atoms in total. The summed E-state index contributed by atoms with van der Waals surface area (Å²) in [4.78, 5) is 10.6. The Hall–Kier alpha value is -1.21. The number of rotatable bonds is 5. The zero-order valence-corrected chi connectivity index (χ0v) is 12.2. The van der Waals surface area contributed by atoms with E-state index in [1.165, 1.54) is 0 Å². The molecular formula is C13H20N4O2S. The number of aromatic nitrogens is 2. The van der Waals surface area contributed by atoms with Crippen LogP contribution in [0.25, 0.3) is 0 Å². The van der Waals surface area contributed by atoms with Crippen molar-refractivity contribution in [2.45, 2.75) is 30.9 Å². The van der Waals surface area contributed by atoms with Gasteiger partial charge in [-0.05, 0) is 31.6 Å². The Kier molecular flexibility index (Phi) is 3.89. The van der Waals surface area contributed by atoms with Crippen molar-refractivity contribution in [2.24, 2.45) is 5.92 Å². The summed E-state index contributed by atoms with van der Waals surface area (Å²) in [5, 5.41) is -0.123. The zero-order chi connectivity index (χ0) is 14.0. The summed E-state index contributed by atoms with van der Waals surface area (Å²) in [5.74, 6) is 1.33. The maximum absolute atomic E-state index is 11.8. The van der Waals surface area contributed by atoms with Crippen molar-refractivity contribution in [1.82, 2.24) is 14.7 Å². The molecule has 0 radical (unpaired) electrons. The number of nitrogens with one attached hydrogen (secondary N) is 1. The van der Waals surface area contributed by atoms with E-state index in [-0.39, 0.29) is 5.25 Å². The van der Waals surface area contributed by atoms with Gasteiger partial charge >= 0.3 is 0 Å². The standard InChI is InChI=1S/C13H20N4O2S/c18-20(19,12-1-2-12)16-9-11-3-7-17(8-4-11)13-10-14-5-6-15-13/h5-6,10-12,16H,1-4,7-9H2. The third-order valence-corrected chi connectivity index (χ3v) is 5.94. The lowest BCUT2D eigenvalue weighted by Crippen LogP contribution is -2.39. The van der Waals surface area contributed by atoms with Gasteiger partial charge in [0.25, 0.3) is 0 Å². The van der Waals surface area contributed by atoms with Crippen LogP contribution in [0.5, 0.6) is 0 Å². The molecule has 0 spiro atoms. The first-order valence-electron chi connectivity index (χ1n) is 7.14. The molecule has 1 aliphatic carbocycles. The Balaban J connectivity index is 1.47. The van der Waals surface area contributed by atoms with E-state index >= 15 is 0 Å². The lowest BCUT2D eigenvalue weighted by molar-refractivity contribution is 0.400. The minimum Gasteiger partial charge on any atom is -0.355 e.